The quantitative estimate of drug-likeness (QED) is 0.619. The van der Waals surface area contributed by atoms with Gasteiger partial charge in [0.1, 0.15) is 11.0 Å². The van der Waals surface area contributed by atoms with Gasteiger partial charge in [0.05, 0.1) is 5.69 Å². The van der Waals surface area contributed by atoms with Crippen molar-refractivity contribution in [3.8, 4) is 10.6 Å². The normalized spacial score (nSPS) is 15.0. The van der Waals surface area contributed by atoms with Crippen molar-refractivity contribution in [2.75, 3.05) is 26.2 Å². The first-order chi connectivity index (χ1) is 13.7. The topological polar surface area (TPSA) is 62.5 Å². The number of hydrogen-bond donors (Lipinski definition) is 1. The number of benzene rings is 2. The molecule has 1 aliphatic heterocycles. The van der Waals surface area contributed by atoms with Crippen LogP contribution in [0.2, 0.25) is 0 Å². The molecule has 5 nitrogen and oxygen atoms in total. The van der Waals surface area contributed by atoms with Gasteiger partial charge in [0.2, 0.25) is 5.91 Å². The predicted molar refractivity (Wildman–Crippen MR) is 127 cm³/mol. The maximum Gasteiger partial charge on any atom is 0.244 e. The van der Waals surface area contributed by atoms with Gasteiger partial charge in [0, 0.05) is 43.7 Å². The van der Waals surface area contributed by atoms with Crippen molar-refractivity contribution in [2.45, 2.75) is 12.6 Å². The summed E-state index contributed by atoms with van der Waals surface area (Å²) in [7, 11) is 0. The summed E-state index contributed by atoms with van der Waals surface area (Å²) >= 11 is 1.68. The molecule has 30 heavy (non-hydrogen) atoms. The zero-order valence-electron chi connectivity index (χ0n) is 16.5. The number of carbonyl (C=O) groups excluding carboxylic acids is 1. The summed E-state index contributed by atoms with van der Waals surface area (Å²) in [5.74, 6) is 0.00544. The van der Waals surface area contributed by atoms with Crippen LogP contribution in [0, 0.1) is 0 Å². The molecule has 8 heteroatoms. The van der Waals surface area contributed by atoms with Gasteiger partial charge in [-0.25, -0.2) is 4.98 Å². The Labute approximate surface area is 193 Å². The highest BCUT2D eigenvalue weighted by Crippen LogP contribution is 2.24. The fourth-order valence-electron chi connectivity index (χ4n) is 3.45. The van der Waals surface area contributed by atoms with E-state index in [0.29, 0.717) is 13.1 Å². The molecular weight excluding hydrogens is 439 g/mol. The highest BCUT2D eigenvalue weighted by atomic mass is 35.5. The molecule has 4 rings (SSSR count). The van der Waals surface area contributed by atoms with E-state index >= 15 is 0 Å². The van der Waals surface area contributed by atoms with Crippen LogP contribution < -0.4 is 5.73 Å². The number of nitrogens with zero attached hydrogens (tertiary/aromatic N) is 3. The molecule has 0 aliphatic carbocycles. The van der Waals surface area contributed by atoms with Crippen molar-refractivity contribution in [3.63, 3.8) is 0 Å². The second-order valence-electron chi connectivity index (χ2n) is 7.00. The van der Waals surface area contributed by atoms with Crippen LogP contribution in [-0.2, 0) is 11.3 Å². The van der Waals surface area contributed by atoms with Gasteiger partial charge in [-0.3, -0.25) is 9.69 Å². The SMILES string of the molecule is Cl.Cl.NC(C(=O)N1CCN(Cc2csc(-c3ccccc3)n2)CC1)c1ccccc1. The van der Waals surface area contributed by atoms with E-state index in [9.17, 15) is 4.79 Å². The molecule has 1 aromatic heterocycles. The van der Waals surface area contributed by atoms with Crippen LogP contribution in [0.4, 0.5) is 0 Å². The number of aromatic nitrogens is 1. The van der Waals surface area contributed by atoms with Gasteiger partial charge >= 0.3 is 0 Å². The Morgan fingerprint density at radius 1 is 0.967 bits per heavy atom. The van der Waals surface area contributed by atoms with Gasteiger partial charge in [0.15, 0.2) is 0 Å². The van der Waals surface area contributed by atoms with Gasteiger partial charge in [-0.05, 0) is 5.56 Å². The smallest absolute Gasteiger partial charge is 0.244 e. The first-order valence-electron chi connectivity index (χ1n) is 9.52. The maximum absolute atomic E-state index is 12.7. The van der Waals surface area contributed by atoms with Gasteiger partial charge in [-0.2, -0.15) is 0 Å². The molecule has 2 aromatic carbocycles. The fourth-order valence-corrected chi connectivity index (χ4v) is 4.27. The average molecular weight is 465 g/mol. The van der Waals surface area contributed by atoms with Crippen LogP contribution in [-0.4, -0.2) is 46.9 Å². The van der Waals surface area contributed by atoms with E-state index in [0.717, 1.165) is 41.5 Å². The lowest BCUT2D eigenvalue weighted by Crippen LogP contribution is -2.50. The molecule has 1 amide bonds. The summed E-state index contributed by atoms with van der Waals surface area (Å²) < 4.78 is 0. The number of nitrogens with two attached hydrogens (primary N) is 1. The second-order valence-corrected chi connectivity index (χ2v) is 7.86. The van der Waals surface area contributed by atoms with Crippen LogP contribution >= 0.6 is 36.2 Å². The number of thiazole rings is 1. The lowest BCUT2D eigenvalue weighted by Gasteiger charge is -2.35. The number of carbonyl (C=O) groups is 1. The van der Waals surface area contributed by atoms with Crippen molar-refractivity contribution < 1.29 is 4.79 Å². The highest BCUT2D eigenvalue weighted by molar-refractivity contribution is 7.13. The Bertz CT molecular complexity index is 915. The zero-order chi connectivity index (χ0) is 19.3. The second kappa shape index (κ2) is 11.4. The molecule has 0 bridgehead atoms. The van der Waals surface area contributed by atoms with Gasteiger partial charge in [-0.15, -0.1) is 36.2 Å². The first kappa shape index (κ1) is 24.3. The van der Waals surface area contributed by atoms with E-state index < -0.39 is 6.04 Å². The minimum Gasteiger partial charge on any atom is -0.338 e. The van der Waals surface area contributed by atoms with E-state index in [-0.39, 0.29) is 30.7 Å². The van der Waals surface area contributed by atoms with Gasteiger partial charge in [-0.1, -0.05) is 60.7 Å². The third-order valence-corrected chi connectivity index (χ3v) is 6.01. The molecule has 2 heterocycles. The summed E-state index contributed by atoms with van der Waals surface area (Å²) in [5.41, 5.74) is 9.28. The van der Waals surface area contributed by atoms with E-state index in [4.69, 9.17) is 10.7 Å². The largest absolute Gasteiger partial charge is 0.338 e. The van der Waals surface area contributed by atoms with Crippen molar-refractivity contribution in [2.24, 2.45) is 5.73 Å². The number of halogens is 2. The lowest BCUT2D eigenvalue weighted by atomic mass is 10.1. The van der Waals surface area contributed by atoms with Crippen molar-refractivity contribution >= 4 is 42.1 Å². The molecule has 0 saturated carbocycles. The molecular formula is C22H26Cl2N4OS. The third-order valence-electron chi connectivity index (χ3n) is 5.07. The fraction of sp³-hybridized carbons (Fsp3) is 0.273. The van der Waals surface area contributed by atoms with Crippen molar-refractivity contribution in [3.05, 3.63) is 77.3 Å². The van der Waals surface area contributed by atoms with Crippen LogP contribution in [0.5, 0.6) is 0 Å². The van der Waals surface area contributed by atoms with Crippen LogP contribution in [0.15, 0.2) is 66.0 Å². The third kappa shape index (κ3) is 5.80. The molecule has 1 aliphatic rings. The van der Waals surface area contributed by atoms with Gasteiger partial charge < -0.3 is 10.6 Å². The van der Waals surface area contributed by atoms with Crippen molar-refractivity contribution in [1.29, 1.82) is 0 Å². The molecule has 0 spiro atoms. The molecule has 0 radical (unpaired) electrons. The molecule has 160 valence electrons. The molecule has 1 unspecified atom stereocenters. The standard InChI is InChI=1S/C22H24N4OS.2ClH/c23-20(17-7-3-1-4-8-17)22(27)26-13-11-25(12-14-26)15-19-16-28-21(24-19)18-9-5-2-6-10-18;;/h1-10,16,20H,11-15,23H2;2*1H. The van der Waals surface area contributed by atoms with Crippen molar-refractivity contribution in [1.82, 2.24) is 14.8 Å². The number of piperazine rings is 1. The summed E-state index contributed by atoms with van der Waals surface area (Å²) in [5, 5.41) is 3.18. The minimum absolute atomic E-state index is 0. The van der Waals surface area contributed by atoms with Crippen LogP contribution in [0.3, 0.4) is 0 Å². The van der Waals surface area contributed by atoms with E-state index in [1.54, 1.807) is 11.3 Å². The zero-order valence-corrected chi connectivity index (χ0v) is 19.0. The predicted octanol–water partition coefficient (Wildman–Crippen LogP) is 4.00. The average Bonchev–Trinajstić information content (AvgIpc) is 3.23. The minimum atomic E-state index is -0.584. The Hall–Kier alpha value is -1.96. The van der Waals surface area contributed by atoms with E-state index in [1.807, 2.05) is 53.4 Å². The van der Waals surface area contributed by atoms with Crippen LogP contribution in [0.1, 0.15) is 17.3 Å². The Morgan fingerprint density at radius 2 is 1.57 bits per heavy atom. The first-order valence-corrected chi connectivity index (χ1v) is 10.4. The number of rotatable bonds is 5. The monoisotopic (exact) mass is 464 g/mol. The molecule has 3 aromatic rings. The molecule has 2 N–H and O–H groups in total. The summed E-state index contributed by atoms with van der Waals surface area (Å²) in [6.45, 7) is 3.90. The van der Waals surface area contributed by atoms with E-state index in [2.05, 4.69) is 22.4 Å². The molecule has 1 fully saturated rings. The van der Waals surface area contributed by atoms with Gasteiger partial charge in [0.25, 0.3) is 0 Å². The number of amides is 1. The molecule has 1 saturated heterocycles. The van der Waals surface area contributed by atoms with Crippen LogP contribution in [0.25, 0.3) is 10.6 Å². The summed E-state index contributed by atoms with van der Waals surface area (Å²) in [4.78, 5) is 21.7. The van der Waals surface area contributed by atoms with E-state index in [1.165, 1.54) is 0 Å². The Morgan fingerprint density at radius 3 is 2.20 bits per heavy atom. The Balaban J connectivity index is 0.00000160. The summed E-state index contributed by atoms with van der Waals surface area (Å²) in [6, 6.07) is 19.3. The molecule has 1 atom stereocenters. The number of hydrogen-bond acceptors (Lipinski definition) is 5. The maximum atomic E-state index is 12.7. The highest BCUT2D eigenvalue weighted by Gasteiger charge is 2.26. The summed E-state index contributed by atoms with van der Waals surface area (Å²) in [6.07, 6.45) is 0. The lowest BCUT2D eigenvalue weighted by molar-refractivity contribution is -0.134. The Kier molecular flexibility index (Phi) is 9.27.